The number of carbonyl (C=O) groups excluding carboxylic acids is 2. The first-order valence-corrected chi connectivity index (χ1v) is 11.1. The van der Waals surface area contributed by atoms with Crippen LogP contribution in [0.5, 0.6) is 11.5 Å². The number of amides is 1. The summed E-state index contributed by atoms with van der Waals surface area (Å²) in [5, 5.41) is 13.9. The second kappa shape index (κ2) is 11.4. The van der Waals surface area contributed by atoms with Crippen LogP contribution in [0.25, 0.3) is 6.08 Å². The monoisotopic (exact) mass is 516 g/mol. The fourth-order valence-corrected chi connectivity index (χ4v) is 3.88. The molecule has 1 aromatic heterocycles. The Hall–Kier alpha value is -4.30. The van der Waals surface area contributed by atoms with Crippen LogP contribution < -0.4 is 14.8 Å². The number of alkyl halides is 3. The summed E-state index contributed by atoms with van der Waals surface area (Å²) >= 11 is 1.08. The van der Waals surface area contributed by atoms with Crippen molar-refractivity contribution >= 4 is 34.3 Å². The maximum absolute atomic E-state index is 13.0. The van der Waals surface area contributed by atoms with Crippen LogP contribution in [0.2, 0.25) is 0 Å². The van der Waals surface area contributed by atoms with E-state index in [0.717, 1.165) is 23.5 Å². The van der Waals surface area contributed by atoms with Crippen molar-refractivity contribution in [2.24, 2.45) is 0 Å². The summed E-state index contributed by atoms with van der Waals surface area (Å²) in [5.74, 6) is -1.05. The van der Waals surface area contributed by atoms with Gasteiger partial charge in [0.2, 0.25) is 0 Å². The standard InChI is InChI=1S/C25H19F3N2O5S/c1-33-20-8-4-6-16(21(20)35-14-15-5-3-7-18(11-15)25(26,27)28)12-17(13-29)22(31)30-23-19(9-10-36-23)24(32)34-2/h3-12H,14H2,1-2H3,(H,30,31)/b17-12-. The van der Waals surface area contributed by atoms with Crippen LogP contribution in [0.1, 0.15) is 27.0 Å². The lowest BCUT2D eigenvalue weighted by Gasteiger charge is -2.15. The van der Waals surface area contributed by atoms with Gasteiger partial charge >= 0.3 is 12.1 Å². The molecule has 1 amide bonds. The van der Waals surface area contributed by atoms with Gasteiger partial charge in [0.25, 0.3) is 5.91 Å². The van der Waals surface area contributed by atoms with E-state index in [2.05, 4.69) is 10.1 Å². The van der Waals surface area contributed by atoms with E-state index in [4.69, 9.17) is 9.47 Å². The Kier molecular flexibility index (Phi) is 8.34. The quantitative estimate of drug-likeness (QED) is 0.235. The van der Waals surface area contributed by atoms with E-state index >= 15 is 0 Å². The summed E-state index contributed by atoms with van der Waals surface area (Å²) in [6, 6.07) is 12.7. The number of nitriles is 1. The molecule has 0 aliphatic carbocycles. The number of hydrogen-bond donors (Lipinski definition) is 1. The minimum atomic E-state index is -4.50. The molecule has 0 aliphatic heterocycles. The summed E-state index contributed by atoms with van der Waals surface area (Å²) in [6.07, 6.45) is -3.25. The summed E-state index contributed by atoms with van der Waals surface area (Å²) < 4.78 is 54.9. The predicted octanol–water partition coefficient (Wildman–Crippen LogP) is 5.69. The van der Waals surface area contributed by atoms with Crippen molar-refractivity contribution < 1.29 is 37.0 Å². The minimum absolute atomic E-state index is 0.129. The lowest BCUT2D eigenvalue weighted by atomic mass is 10.1. The number of thiophene rings is 1. The lowest BCUT2D eigenvalue weighted by Crippen LogP contribution is -2.15. The molecule has 0 atom stereocenters. The number of halogens is 3. The van der Waals surface area contributed by atoms with Gasteiger partial charge in [0.15, 0.2) is 11.5 Å². The highest BCUT2D eigenvalue weighted by Crippen LogP contribution is 2.34. The van der Waals surface area contributed by atoms with Crippen molar-refractivity contribution in [2.75, 3.05) is 19.5 Å². The third-order valence-corrected chi connectivity index (χ3v) is 5.66. The molecule has 0 fully saturated rings. The van der Waals surface area contributed by atoms with Crippen LogP contribution in [-0.4, -0.2) is 26.1 Å². The number of methoxy groups -OCH3 is 2. The van der Waals surface area contributed by atoms with Gasteiger partial charge < -0.3 is 19.5 Å². The highest BCUT2D eigenvalue weighted by Gasteiger charge is 2.30. The van der Waals surface area contributed by atoms with E-state index in [9.17, 15) is 28.0 Å². The van der Waals surface area contributed by atoms with Crippen molar-refractivity contribution in [3.63, 3.8) is 0 Å². The molecular formula is C25H19F3N2O5S. The molecule has 36 heavy (non-hydrogen) atoms. The first-order chi connectivity index (χ1) is 17.2. The molecule has 1 N–H and O–H groups in total. The van der Waals surface area contributed by atoms with Crippen molar-refractivity contribution in [2.45, 2.75) is 12.8 Å². The molecule has 3 rings (SSSR count). The van der Waals surface area contributed by atoms with Gasteiger partial charge in [-0.05, 0) is 41.3 Å². The van der Waals surface area contributed by atoms with Gasteiger partial charge in [-0.2, -0.15) is 18.4 Å². The lowest BCUT2D eigenvalue weighted by molar-refractivity contribution is -0.137. The molecule has 186 valence electrons. The Morgan fingerprint density at radius 2 is 1.89 bits per heavy atom. The Morgan fingerprint density at radius 1 is 1.14 bits per heavy atom. The molecule has 3 aromatic rings. The van der Waals surface area contributed by atoms with Gasteiger partial charge in [-0.15, -0.1) is 11.3 Å². The Labute approximate surface area is 208 Å². The number of anilines is 1. The fourth-order valence-electron chi connectivity index (χ4n) is 3.11. The van der Waals surface area contributed by atoms with Gasteiger partial charge in [0, 0.05) is 5.56 Å². The van der Waals surface area contributed by atoms with Crippen LogP contribution in [0.15, 0.2) is 59.5 Å². The van der Waals surface area contributed by atoms with Gasteiger partial charge in [-0.3, -0.25) is 4.79 Å². The molecule has 7 nitrogen and oxygen atoms in total. The van der Waals surface area contributed by atoms with Gasteiger partial charge in [0.1, 0.15) is 23.3 Å². The van der Waals surface area contributed by atoms with E-state index in [1.165, 1.54) is 38.5 Å². The molecule has 2 aromatic carbocycles. The number of ether oxygens (including phenoxy) is 3. The van der Waals surface area contributed by atoms with Crippen LogP contribution in [0, 0.1) is 11.3 Å². The fraction of sp³-hybridized carbons (Fsp3) is 0.160. The highest BCUT2D eigenvalue weighted by molar-refractivity contribution is 7.14. The minimum Gasteiger partial charge on any atom is -0.493 e. The van der Waals surface area contributed by atoms with Gasteiger partial charge in [0.05, 0.1) is 25.3 Å². The van der Waals surface area contributed by atoms with Crippen LogP contribution >= 0.6 is 11.3 Å². The van der Waals surface area contributed by atoms with Gasteiger partial charge in [-0.1, -0.05) is 24.3 Å². The van der Waals surface area contributed by atoms with E-state index in [1.807, 2.05) is 0 Å². The van der Waals surface area contributed by atoms with Crippen molar-refractivity contribution in [3.8, 4) is 17.6 Å². The van der Waals surface area contributed by atoms with Crippen molar-refractivity contribution in [3.05, 3.63) is 81.7 Å². The smallest absolute Gasteiger partial charge is 0.416 e. The topological polar surface area (TPSA) is 97.7 Å². The van der Waals surface area contributed by atoms with E-state index in [-0.39, 0.29) is 45.4 Å². The zero-order chi connectivity index (χ0) is 26.3. The number of hydrogen-bond acceptors (Lipinski definition) is 7. The summed E-state index contributed by atoms with van der Waals surface area (Å²) in [7, 11) is 2.58. The largest absolute Gasteiger partial charge is 0.493 e. The summed E-state index contributed by atoms with van der Waals surface area (Å²) in [5.41, 5.74) is -0.438. The molecular weight excluding hydrogens is 497 g/mol. The predicted molar refractivity (Wildman–Crippen MR) is 127 cm³/mol. The first-order valence-electron chi connectivity index (χ1n) is 10.2. The Bertz CT molecular complexity index is 1340. The van der Waals surface area contributed by atoms with Gasteiger partial charge in [-0.25, -0.2) is 4.79 Å². The average molecular weight is 516 g/mol. The number of para-hydroxylation sites is 1. The molecule has 0 saturated carbocycles. The summed E-state index contributed by atoms with van der Waals surface area (Å²) in [4.78, 5) is 24.6. The maximum atomic E-state index is 13.0. The first kappa shape index (κ1) is 26.3. The number of nitrogens with one attached hydrogen (secondary N) is 1. The average Bonchev–Trinajstić information content (AvgIpc) is 3.33. The number of esters is 1. The van der Waals surface area contributed by atoms with Crippen LogP contribution in [0.3, 0.4) is 0 Å². The second-order valence-electron chi connectivity index (χ2n) is 7.14. The third kappa shape index (κ3) is 6.22. The Balaban J connectivity index is 1.89. The molecule has 11 heteroatoms. The Morgan fingerprint density at radius 3 is 2.56 bits per heavy atom. The SMILES string of the molecule is COC(=O)c1ccsc1NC(=O)/C(C#N)=C\c1cccc(OC)c1OCc1cccc(C(F)(F)F)c1. The number of nitrogens with zero attached hydrogens (tertiary/aromatic N) is 1. The highest BCUT2D eigenvalue weighted by atomic mass is 32.1. The molecule has 0 saturated heterocycles. The molecule has 0 radical (unpaired) electrons. The number of rotatable bonds is 8. The van der Waals surface area contributed by atoms with Crippen molar-refractivity contribution in [1.82, 2.24) is 0 Å². The molecule has 0 aliphatic rings. The zero-order valence-corrected chi connectivity index (χ0v) is 19.8. The number of benzene rings is 2. The zero-order valence-electron chi connectivity index (χ0n) is 19.0. The van der Waals surface area contributed by atoms with E-state index in [1.54, 1.807) is 29.6 Å². The van der Waals surface area contributed by atoms with E-state index < -0.39 is 23.6 Å². The second-order valence-corrected chi connectivity index (χ2v) is 8.06. The normalized spacial score (nSPS) is 11.4. The van der Waals surface area contributed by atoms with Crippen LogP contribution in [0.4, 0.5) is 18.2 Å². The van der Waals surface area contributed by atoms with Crippen LogP contribution in [-0.2, 0) is 22.3 Å². The molecule has 0 bridgehead atoms. The summed E-state index contributed by atoms with van der Waals surface area (Å²) in [6.45, 7) is -0.225. The van der Waals surface area contributed by atoms with Crippen molar-refractivity contribution in [1.29, 1.82) is 5.26 Å². The van der Waals surface area contributed by atoms with E-state index in [0.29, 0.717) is 0 Å². The number of carbonyl (C=O) groups is 2. The molecule has 1 heterocycles. The third-order valence-electron chi connectivity index (χ3n) is 4.83. The molecule has 0 unspecified atom stereocenters. The molecule has 0 spiro atoms. The maximum Gasteiger partial charge on any atom is 0.416 e.